The van der Waals surface area contributed by atoms with E-state index in [0.29, 0.717) is 22.0 Å². The third-order valence-electron chi connectivity index (χ3n) is 3.98. The van der Waals surface area contributed by atoms with Gasteiger partial charge in [0.05, 0.1) is 30.6 Å². The molecule has 0 fully saturated rings. The fourth-order valence-corrected chi connectivity index (χ4v) is 3.23. The van der Waals surface area contributed by atoms with Crippen LogP contribution in [0.25, 0.3) is 10.6 Å². The molecule has 0 aliphatic heterocycles. The smallest absolute Gasteiger partial charge is 0.416 e. The molecule has 0 saturated heterocycles. The van der Waals surface area contributed by atoms with Crippen LogP contribution in [0, 0.1) is 0 Å². The van der Waals surface area contributed by atoms with Crippen LogP contribution in [0.2, 0.25) is 0 Å². The maximum atomic E-state index is 12.7. The van der Waals surface area contributed by atoms with Crippen molar-refractivity contribution in [1.29, 1.82) is 0 Å². The van der Waals surface area contributed by atoms with Gasteiger partial charge in [0.15, 0.2) is 0 Å². The van der Waals surface area contributed by atoms with Crippen molar-refractivity contribution in [2.24, 2.45) is 0 Å². The topological polar surface area (TPSA) is 64.1 Å². The molecule has 1 N–H and O–H groups in total. The van der Waals surface area contributed by atoms with E-state index in [4.69, 9.17) is 4.74 Å². The average Bonchev–Trinajstić information content (AvgIpc) is 3.18. The molecule has 0 radical (unpaired) electrons. The number of nitrogens with one attached hydrogen (secondary N) is 1. The van der Waals surface area contributed by atoms with Crippen LogP contribution in [0.5, 0.6) is 5.75 Å². The zero-order valence-electron chi connectivity index (χ0n) is 14.9. The van der Waals surface area contributed by atoms with E-state index in [2.05, 4.69) is 15.3 Å². The molecule has 28 heavy (non-hydrogen) atoms. The monoisotopic (exact) mass is 407 g/mol. The van der Waals surface area contributed by atoms with E-state index in [1.54, 1.807) is 37.7 Å². The molecule has 9 heteroatoms. The quantitative estimate of drug-likeness (QED) is 0.665. The van der Waals surface area contributed by atoms with Crippen LogP contribution < -0.4 is 10.1 Å². The largest absolute Gasteiger partial charge is 0.495 e. The van der Waals surface area contributed by atoms with Gasteiger partial charge in [-0.3, -0.25) is 9.78 Å². The first-order chi connectivity index (χ1) is 13.3. The summed E-state index contributed by atoms with van der Waals surface area (Å²) in [6.07, 6.45) is -2.83. The first-order valence-electron chi connectivity index (χ1n) is 8.22. The molecule has 0 saturated carbocycles. The van der Waals surface area contributed by atoms with Crippen LogP contribution in [-0.4, -0.2) is 23.0 Å². The maximum absolute atomic E-state index is 12.7. The van der Waals surface area contributed by atoms with Gasteiger partial charge in [0.1, 0.15) is 16.5 Å². The van der Waals surface area contributed by atoms with Crippen molar-refractivity contribution in [3.05, 3.63) is 64.9 Å². The molecule has 2 aromatic heterocycles. The lowest BCUT2D eigenvalue weighted by atomic mass is 10.1. The van der Waals surface area contributed by atoms with Crippen molar-refractivity contribution >= 4 is 17.2 Å². The number of benzene rings is 1. The first-order valence-corrected chi connectivity index (χ1v) is 9.10. The predicted octanol–water partition coefficient (Wildman–Crippen LogP) is 4.72. The lowest BCUT2D eigenvalue weighted by molar-refractivity contribution is -0.137. The fraction of sp³-hybridized carbons (Fsp3) is 0.211. The highest BCUT2D eigenvalue weighted by Crippen LogP contribution is 2.31. The summed E-state index contributed by atoms with van der Waals surface area (Å²) in [5.74, 6) is 0.225. The van der Waals surface area contributed by atoms with E-state index >= 15 is 0 Å². The molecular formula is C19H16F3N3O2S. The third kappa shape index (κ3) is 4.48. The molecule has 0 aliphatic carbocycles. The van der Waals surface area contributed by atoms with Crippen molar-refractivity contribution in [2.75, 3.05) is 7.11 Å². The number of carbonyl (C=O) groups is 1. The summed E-state index contributed by atoms with van der Waals surface area (Å²) in [6.45, 7) is 1.79. The molecule has 0 bridgehead atoms. The van der Waals surface area contributed by atoms with Gasteiger partial charge in [-0.25, -0.2) is 4.98 Å². The number of aromatic nitrogens is 2. The number of ether oxygens (including phenoxy) is 1. The van der Waals surface area contributed by atoms with E-state index in [9.17, 15) is 18.0 Å². The lowest BCUT2D eigenvalue weighted by Crippen LogP contribution is -2.27. The molecule has 1 aromatic carbocycles. The van der Waals surface area contributed by atoms with Crippen LogP contribution in [-0.2, 0) is 6.18 Å². The summed E-state index contributed by atoms with van der Waals surface area (Å²) in [7, 11) is 1.54. The second-order valence-corrected chi connectivity index (χ2v) is 6.79. The van der Waals surface area contributed by atoms with Gasteiger partial charge in [-0.05, 0) is 31.2 Å². The molecule has 1 amide bonds. The number of hydrogen-bond donors (Lipinski definition) is 1. The van der Waals surface area contributed by atoms with E-state index in [1.807, 2.05) is 0 Å². The number of hydrogen-bond acceptors (Lipinski definition) is 5. The van der Waals surface area contributed by atoms with Crippen LogP contribution in [0.4, 0.5) is 13.2 Å². The Bertz CT molecular complexity index is 954. The van der Waals surface area contributed by atoms with Gasteiger partial charge >= 0.3 is 6.18 Å². The SMILES string of the molecule is COc1ccc(C(C)NC(=O)c2csc(-c3ccc(C(F)(F)F)cc3)n2)nc1. The van der Waals surface area contributed by atoms with Gasteiger partial charge in [-0.2, -0.15) is 13.2 Å². The van der Waals surface area contributed by atoms with E-state index in [1.165, 1.54) is 23.5 Å². The van der Waals surface area contributed by atoms with Gasteiger partial charge < -0.3 is 10.1 Å². The van der Waals surface area contributed by atoms with Crippen LogP contribution >= 0.6 is 11.3 Å². The Morgan fingerprint density at radius 2 is 1.89 bits per heavy atom. The standard InChI is InChI=1S/C19H16F3N3O2S/c1-11(15-8-7-14(27-2)9-23-15)24-17(26)16-10-28-18(25-16)12-3-5-13(6-4-12)19(20,21)22/h3-11H,1-2H3,(H,24,26). The number of thiazole rings is 1. The number of methoxy groups -OCH3 is 1. The van der Waals surface area contributed by atoms with Crippen molar-refractivity contribution in [3.8, 4) is 16.3 Å². The molecule has 3 rings (SSSR count). The molecule has 2 heterocycles. The van der Waals surface area contributed by atoms with Crippen molar-refractivity contribution in [1.82, 2.24) is 15.3 Å². The van der Waals surface area contributed by atoms with Crippen LogP contribution in [0.15, 0.2) is 48.0 Å². The molecule has 0 aliphatic rings. The van der Waals surface area contributed by atoms with Gasteiger partial charge in [0.2, 0.25) is 0 Å². The summed E-state index contributed by atoms with van der Waals surface area (Å²) in [5.41, 5.74) is 0.640. The first kappa shape index (κ1) is 19.8. The second-order valence-electron chi connectivity index (χ2n) is 5.93. The highest BCUT2D eigenvalue weighted by atomic mass is 32.1. The van der Waals surface area contributed by atoms with Crippen molar-refractivity contribution in [3.63, 3.8) is 0 Å². The zero-order valence-corrected chi connectivity index (χ0v) is 15.8. The Kier molecular flexibility index (Phi) is 5.64. The van der Waals surface area contributed by atoms with Gasteiger partial charge in [0.25, 0.3) is 5.91 Å². The summed E-state index contributed by atoms with van der Waals surface area (Å²) >= 11 is 1.19. The zero-order chi connectivity index (χ0) is 20.3. The fourth-order valence-electron chi connectivity index (χ4n) is 2.43. The van der Waals surface area contributed by atoms with E-state index < -0.39 is 11.7 Å². The highest BCUT2D eigenvalue weighted by molar-refractivity contribution is 7.13. The summed E-state index contributed by atoms with van der Waals surface area (Å²) < 4.78 is 43.0. The Hall–Kier alpha value is -2.94. The summed E-state index contributed by atoms with van der Waals surface area (Å²) in [6, 6.07) is 7.81. The van der Waals surface area contributed by atoms with Gasteiger partial charge in [-0.15, -0.1) is 11.3 Å². The minimum absolute atomic E-state index is 0.195. The van der Waals surface area contributed by atoms with Crippen LogP contribution in [0.1, 0.15) is 34.7 Å². The minimum atomic E-state index is -4.39. The highest BCUT2D eigenvalue weighted by Gasteiger charge is 2.30. The number of pyridine rings is 1. The van der Waals surface area contributed by atoms with Gasteiger partial charge in [-0.1, -0.05) is 12.1 Å². The Labute approximate surface area is 163 Å². The normalized spacial score (nSPS) is 12.5. The third-order valence-corrected chi connectivity index (χ3v) is 4.87. The molecule has 1 atom stereocenters. The maximum Gasteiger partial charge on any atom is 0.416 e. The molecule has 146 valence electrons. The molecule has 0 spiro atoms. The van der Waals surface area contributed by atoms with Crippen molar-refractivity contribution in [2.45, 2.75) is 19.1 Å². The minimum Gasteiger partial charge on any atom is -0.495 e. The summed E-state index contributed by atoms with van der Waals surface area (Å²) in [4.78, 5) is 20.9. The number of carbonyl (C=O) groups excluding carboxylic acids is 1. The Morgan fingerprint density at radius 3 is 2.46 bits per heavy atom. The molecule has 5 nitrogen and oxygen atoms in total. The predicted molar refractivity (Wildman–Crippen MR) is 99.2 cm³/mol. The summed E-state index contributed by atoms with van der Waals surface area (Å²) in [5, 5.41) is 4.83. The number of alkyl halides is 3. The Morgan fingerprint density at radius 1 is 1.18 bits per heavy atom. The second kappa shape index (κ2) is 7.97. The van der Waals surface area contributed by atoms with E-state index in [-0.39, 0.29) is 17.6 Å². The number of amides is 1. The van der Waals surface area contributed by atoms with Gasteiger partial charge in [0, 0.05) is 10.9 Å². The van der Waals surface area contributed by atoms with Crippen molar-refractivity contribution < 1.29 is 22.7 Å². The average molecular weight is 407 g/mol. The van der Waals surface area contributed by atoms with Crippen LogP contribution in [0.3, 0.4) is 0 Å². The molecule has 1 unspecified atom stereocenters. The molecular weight excluding hydrogens is 391 g/mol. The Balaban J connectivity index is 1.69. The molecule has 3 aromatic rings. The van der Waals surface area contributed by atoms with E-state index in [0.717, 1.165) is 12.1 Å². The number of halogens is 3. The number of nitrogens with zero attached hydrogens (tertiary/aromatic N) is 2. The number of rotatable bonds is 5. The lowest BCUT2D eigenvalue weighted by Gasteiger charge is -2.12.